The summed E-state index contributed by atoms with van der Waals surface area (Å²) >= 11 is 7.15. The Labute approximate surface area is 128 Å². The van der Waals surface area contributed by atoms with E-state index >= 15 is 0 Å². The molecule has 0 fully saturated rings. The van der Waals surface area contributed by atoms with Crippen molar-refractivity contribution in [2.75, 3.05) is 17.6 Å². The van der Waals surface area contributed by atoms with E-state index in [1.54, 1.807) is 0 Å². The zero-order valence-corrected chi connectivity index (χ0v) is 12.0. The third-order valence-electron chi connectivity index (χ3n) is 2.42. The monoisotopic (exact) mass is 328 g/mol. The minimum Gasteiger partial charge on any atom is -0.316 e. The number of rotatable bonds is 2. The largest absolute Gasteiger partial charge is 0.316 e. The molecule has 0 radical (unpaired) electrons. The van der Waals surface area contributed by atoms with Crippen molar-refractivity contribution in [3.8, 4) is 0 Å². The number of hydrogen-bond donors (Lipinski definition) is 2. The van der Waals surface area contributed by atoms with E-state index < -0.39 is 16.7 Å². The summed E-state index contributed by atoms with van der Waals surface area (Å²) in [7, 11) is 0. The molecule has 1 aromatic rings. The molecule has 0 spiro atoms. The zero-order chi connectivity index (χ0) is 15.4. The highest BCUT2D eigenvalue weighted by molar-refractivity contribution is 8.14. The summed E-state index contributed by atoms with van der Waals surface area (Å²) in [4.78, 5) is 37.4. The maximum Gasteiger partial charge on any atom is 0.315 e. The average molecular weight is 329 g/mol. The Morgan fingerprint density at radius 3 is 2.67 bits per heavy atom. The Balaban J connectivity index is 2.06. The lowest BCUT2D eigenvalue weighted by atomic mass is 10.2. The van der Waals surface area contributed by atoms with E-state index in [0.717, 1.165) is 11.8 Å². The molecule has 0 bridgehead atoms. The molecule has 21 heavy (non-hydrogen) atoms. The van der Waals surface area contributed by atoms with Gasteiger partial charge in [-0.05, 0) is 6.07 Å². The molecule has 1 heterocycles. The van der Waals surface area contributed by atoms with Crippen LogP contribution in [-0.4, -0.2) is 34.2 Å². The molecule has 2 N–H and O–H groups in total. The van der Waals surface area contributed by atoms with Gasteiger partial charge in [0.2, 0.25) is 0 Å². The lowest BCUT2D eigenvalue weighted by molar-refractivity contribution is -0.384. The summed E-state index contributed by atoms with van der Waals surface area (Å²) in [5.41, 5.74) is -0.252. The van der Waals surface area contributed by atoms with Gasteiger partial charge in [0.05, 0.1) is 22.2 Å². The van der Waals surface area contributed by atoms with Gasteiger partial charge >= 0.3 is 11.8 Å². The summed E-state index contributed by atoms with van der Waals surface area (Å²) in [6.07, 6.45) is 0. The van der Waals surface area contributed by atoms with Gasteiger partial charge in [-0.25, -0.2) is 0 Å². The molecule has 0 aromatic heterocycles. The van der Waals surface area contributed by atoms with E-state index in [1.807, 2.05) is 0 Å². The quantitative estimate of drug-likeness (QED) is 0.484. The fraction of sp³-hybridized carbons (Fsp3) is 0.182. The second-order valence-corrected chi connectivity index (χ2v) is 5.36. The van der Waals surface area contributed by atoms with E-state index in [-0.39, 0.29) is 16.4 Å². The van der Waals surface area contributed by atoms with Gasteiger partial charge in [0.25, 0.3) is 5.69 Å². The Morgan fingerprint density at radius 1 is 1.33 bits per heavy atom. The number of carbonyl (C=O) groups is 2. The van der Waals surface area contributed by atoms with Crippen LogP contribution in [0.2, 0.25) is 5.02 Å². The summed E-state index contributed by atoms with van der Waals surface area (Å²) in [6, 6.07) is 3.54. The van der Waals surface area contributed by atoms with Crippen LogP contribution in [0.5, 0.6) is 0 Å². The van der Waals surface area contributed by atoms with Crippen LogP contribution in [0.1, 0.15) is 0 Å². The molecule has 1 aromatic carbocycles. The summed E-state index contributed by atoms with van der Waals surface area (Å²) < 4.78 is 0. The van der Waals surface area contributed by atoms with Gasteiger partial charge in [-0.2, -0.15) is 0 Å². The van der Waals surface area contributed by atoms with Crippen LogP contribution in [0.15, 0.2) is 23.2 Å². The molecular formula is C11H9ClN4O4S. The number of non-ortho nitro benzene ring substituents is 1. The minimum atomic E-state index is -0.979. The van der Waals surface area contributed by atoms with E-state index in [2.05, 4.69) is 15.6 Å². The molecule has 1 aliphatic heterocycles. The molecule has 10 heteroatoms. The fourth-order valence-electron chi connectivity index (χ4n) is 1.47. The normalized spacial score (nSPS) is 13.5. The molecule has 8 nitrogen and oxygen atoms in total. The van der Waals surface area contributed by atoms with Gasteiger partial charge in [-0.15, -0.1) is 0 Å². The Kier molecular flexibility index (Phi) is 4.76. The molecule has 110 valence electrons. The lowest BCUT2D eigenvalue weighted by Crippen LogP contribution is -2.37. The number of aliphatic imine (C=N–C) groups is 1. The Morgan fingerprint density at radius 2 is 2.05 bits per heavy atom. The van der Waals surface area contributed by atoms with Crippen LogP contribution >= 0.6 is 23.4 Å². The van der Waals surface area contributed by atoms with Crippen LogP contribution in [0.4, 0.5) is 11.4 Å². The molecule has 0 saturated carbocycles. The third-order valence-corrected chi connectivity index (χ3v) is 3.64. The summed E-state index contributed by atoms with van der Waals surface area (Å²) in [5, 5.41) is 15.7. The van der Waals surface area contributed by atoms with Gasteiger partial charge < -0.3 is 5.32 Å². The Hall–Kier alpha value is -2.13. The average Bonchev–Trinajstić information content (AvgIpc) is 2.93. The number of nitrogens with zero attached hydrogens (tertiary/aromatic N) is 2. The van der Waals surface area contributed by atoms with Crippen molar-refractivity contribution in [3.63, 3.8) is 0 Å². The summed E-state index contributed by atoms with van der Waals surface area (Å²) in [5.74, 6) is -1.15. The number of carbonyl (C=O) groups excluding carboxylic acids is 2. The van der Waals surface area contributed by atoms with Crippen molar-refractivity contribution >= 4 is 51.7 Å². The predicted octanol–water partition coefficient (Wildman–Crippen LogP) is 1.41. The molecule has 0 aliphatic carbocycles. The molecule has 0 atom stereocenters. The van der Waals surface area contributed by atoms with Crippen molar-refractivity contribution < 1.29 is 14.5 Å². The van der Waals surface area contributed by atoms with E-state index in [9.17, 15) is 19.7 Å². The van der Waals surface area contributed by atoms with E-state index in [4.69, 9.17) is 11.6 Å². The lowest BCUT2D eigenvalue weighted by Gasteiger charge is -2.07. The molecule has 2 amide bonds. The molecule has 0 saturated heterocycles. The molecule has 1 aliphatic rings. The standard InChI is InChI=1S/C11H9ClN4O4S/c12-7-2-1-6(16(19)20)5-8(7)14-9(17)10(18)15-11-13-3-4-21-11/h1-2,5H,3-4H2,(H,14,17)(H,13,15,18). The van der Waals surface area contributed by atoms with Crippen LogP contribution in [0.3, 0.4) is 0 Å². The smallest absolute Gasteiger partial charge is 0.315 e. The number of anilines is 1. The number of nitro benzene ring substituents is 1. The van der Waals surface area contributed by atoms with Crippen LogP contribution < -0.4 is 10.6 Å². The number of halogens is 1. The minimum absolute atomic E-state index is 0.00738. The first kappa shape index (κ1) is 15.3. The van der Waals surface area contributed by atoms with Crippen molar-refractivity contribution in [2.24, 2.45) is 4.99 Å². The van der Waals surface area contributed by atoms with Crippen molar-refractivity contribution in [1.29, 1.82) is 0 Å². The van der Waals surface area contributed by atoms with Crippen molar-refractivity contribution in [3.05, 3.63) is 33.3 Å². The molecular weight excluding hydrogens is 320 g/mol. The van der Waals surface area contributed by atoms with Gasteiger partial charge in [-0.3, -0.25) is 30.0 Å². The zero-order valence-electron chi connectivity index (χ0n) is 10.5. The Bertz CT molecular complexity index is 649. The first-order valence-corrected chi connectivity index (χ1v) is 7.07. The first-order chi connectivity index (χ1) is 9.97. The van der Waals surface area contributed by atoms with E-state index in [0.29, 0.717) is 11.7 Å². The van der Waals surface area contributed by atoms with Crippen LogP contribution in [-0.2, 0) is 9.59 Å². The number of amides is 2. The highest BCUT2D eigenvalue weighted by atomic mass is 35.5. The number of nitro groups is 1. The predicted molar refractivity (Wildman–Crippen MR) is 79.6 cm³/mol. The van der Waals surface area contributed by atoms with Crippen LogP contribution in [0.25, 0.3) is 0 Å². The second-order valence-electron chi connectivity index (χ2n) is 3.86. The second kappa shape index (κ2) is 6.55. The number of nitrogens with one attached hydrogen (secondary N) is 2. The first-order valence-electron chi connectivity index (χ1n) is 5.71. The third kappa shape index (κ3) is 3.92. The highest BCUT2D eigenvalue weighted by Gasteiger charge is 2.20. The number of benzene rings is 1. The highest BCUT2D eigenvalue weighted by Crippen LogP contribution is 2.26. The SMILES string of the molecule is O=C(NC1=NCCS1)C(=O)Nc1cc([N+](=O)[O-])ccc1Cl. The van der Waals surface area contributed by atoms with E-state index in [1.165, 1.54) is 23.9 Å². The molecule has 2 rings (SSSR count). The summed E-state index contributed by atoms with van der Waals surface area (Å²) in [6.45, 7) is 0.582. The number of amidine groups is 1. The van der Waals surface area contributed by atoms with Gasteiger partial charge in [0.1, 0.15) is 0 Å². The fourth-order valence-corrected chi connectivity index (χ4v) is 2.35. The van der Waals surface area contributed by atoms with Crippen LogP contribution in [0, 0.1) is 10.1 Å². The number of hydrogen-bond acceptors (Lipinski definition) is 6. The molecule has 0 unspecified atom stereocenters. The topological polar surface area (TPSA) is 114 Å². The van der Waals surface area contributed by atoms with Crippen molar-refractivity contribution in [2.45, 2.75) is 0 Å². The van der Waals surface area contributed by atoms with Gasteiger partial charge in [0, 0.05) is 17.9 Å². The maximum atomic E-state index is 11.7. The maximum absolute atomic E-state index is 11.7. The van der Waals surface area contributed by atoms with Crippen molar-refractivity contribution in [1.82, 2.24) is 5.32 Å². The van der Waals surface area contributed by atoms with Gasteiger partial charge in [-0.1, -0.05) is 23.4 Å². The van der Waals surface area contributed by atoms with Gasteiger partial charge in [0.15, 0.2) is 5.17 Å². The number of thioether (sulfide) groups is 1.